The minimum absolute atomic E-state index is 0.0449. The second kappa shape index (κ2) is 5.97. The molecule has 19 heavy (non-hydrogen) atoms. The van der Waals surface area contributed by atoms with E-state index in [2.05, 4.69) is 55.7 Å². The van der Waals surface area contributed by atoms with Crippen molar-refractivity contribution < 1.29 is 4.79 Å². The van der Waals surface area contributed by atoms with Crippen LogP contribution in [0.1, 0.15) is 38.3 Å². The van der Waals surface area contributed by atoms with Crippen molar-refractivity contribution in [2.45, 2.75) is 43.9 Å². The predicted octanol–water partition coefficient (Wildman–Crippen LogP) is 2.61. The second-order valence-electron chi connectivity index (χ2n) is 5.91. The molecule has 104 valence electrons. The molecular formula is C15H22N2OS. The first-order valence-electron chi connectivity index (χ1n) is 6.69. The summed E-state index contributed by atoms with van der Waals surface area (Å²) in [6.07, 6.45) is 0.581. The van der Waals surface area contributed by atoms with Gasteiger partial charge in [0.1, 0.15) is 5.50 Å². The van der Waals surface area contributed by atoms with Crippen LogP contribution in [0.15, 0.2) is 24.3 Å². The van der Waals surface area contributed by atoms with E-state index in [0.29, 0.717) is 6.42 Å². The molecule has 4 heteroatoms. The van der Waals surface area contributed by atoms with Crippen LogP contribution in [0.25, 0.3) is 0 Å². The van der Waals surface area contributed by atoms with Gasteiger partial charge in [-0.15, -0.1) is 11.8 Å². The van der Waals surface area contributed by atoms with Gasteiger partial charge in [0.05, 0.1) is 0 Å². The first-order chi connectivity index (χ1) is 8.95. The normalized spacial score (nSPS) is 20.2. The minimum atomic E-state index is 0.0449. The maximum Gasteiger partial charge on any atom is 0.223 e. The maximum atomic E-state index is 11.3. The Balaban J connectivity index is 1.88. The first-order valence-corrected chi connectivity index (χ1v) is 7.74. The summed E-state index contributed by atoms with van der Waals surface area (Å²) in [5, 5.41) is 6.22. The van der Waals surface area contributed by atoms with Crippen molar-refractivity contribution in [1.29, 1.82) is 0 Å². The molecule has 0 bridgehead atoms. The van der Waals surface area contributed by atoms with Gasteiger partial charge >= 0.3 is 0 Å². The number of thioether (sulfide) groups is 1. The Hall–Kier alpha value is -1.00. The van der Waals surface area contributed by atoms with Crippen molar-refractivity contribution in [3.63, 3.8) is 0 Å². The van der Waals surface area contributed by atoms with E-state index in [0.717, 1.165) is 12.3 Å². The molecule has 1 atom stereocenters. The average molecular weight is 278 g/mol. The van der Waals surface area contributed by atoms with Crippen LogP contribution in [0.5, 0.6) is 0 Å². The Labute approximate surface area is 119 Å². The molecule has 0 saturated carbocycles. The van der Waals surface area contributed by atoms with Crippen LogP contribution in [-0.2, 0) is 16.0 Å². The zero-order chi connectivity index (χ0) is 13.9. The van der Waals surface area contributed by atoms with Crippen LogP contribution in [0.3, 0.4) is 0 Å². The summed E-state index contributed by atoms with van der Waals surface area (Å²) >= 11 is 1.72. The lowest BCUT2D eigenvalue weighted by Crippen LogP contribution is -2.49. The van der Waals surface area contributed by atoms with Crippen LogP contribution in [0, 0.1) is 0 Å². The van der Waals surface area contributed by atoms with Gasteiger partial charge in [-0.05, 0) is 16.5 Å². The quantitative estimate of drug-likeness (QED) is 0.893. The molecule has 1 heterocycles. The summed E-state index contributed by atoms with van der Waals surface area (Å²) in [7, 11) is 0. The maximum absolute atomic E-state index is 11.3. The lowest BCUT2D eigenvalue weighted by atomic mass is 9.87. The van der Waals surface area contributed by atoms with Gasteiger partial charge < -0.3 is 5.32 Å². The minimum Gasteiger partial charge on any atom is -0.332 e. The third kappa shape index (κ3) is 4.25. The molecule has 0 radical (unpaired) electrons. The molecule has 1 unspecified atom stereocenters. The first kappa shape index (κ1) is 14.4. The number of amides is 1. The molecule has 1 aromatic carbocycles. The van der Waals surface area contributed by atoms with Gasteiger partial charge in [-0.3, -0.25) is 10.1 Å². The fraction of sp³-hybridized carbons (Fsp3) is 0.533. The van der Waals surface area contributed by atoms with E-state index in [1.807, 2.05) is 0 Å². The van der Waals surface area contributed by atoms with Gasteiger partial charge in [0.15, 0.2) is 0 Å². The number of nitrogens with one attached hydrogen (secondary N) is 2. The van der Waals surface area contributed by atoms with E-state index in [4.69, 9.17) is 0 Å². The van der Waals surface area contributed by atoms with Crippen LogP contribution < -0.4 is 10.6 Å². The highest BCUT2D eigenvalue weighted by Gasteiger charge is 2.17. The summed E-state index contributed by atoms with van der Waals surface area (Å²) in [5.74, 6) is 1.04. The molecule has 0 aromatic heterocycles. The summed E-state index contributed by atoms with van der Waals surface area (Å²) in [5.41, 5.74) is 2.89. The number of hydrogen-bond donors (Lipinski definition) is 2. The molecule has 1 fully saturated rings. The zero-order valence-electron chi connectivity index (χ0n) is 11.8. The van der Waals surface area contributed by atoms with Crippen molar-refractivity contribution in [3.8, 4) is 0 Å². The predicted molar refractivity (Wildman–Crippen MR) is 81.0 cm³/mol. The fourth-order valence-electron chi connectivity index (χ4n) is 1.97. The fourth-order valence-corrected chi connectivity index (χ4v) is 2.97. The third-order valence-corrected chi connectivity index (χ3v) is 4.33. The van der Waals surface area contributed by atoms with Gasteiger partial charge in [0, 0.05) is 18.7 Å². The van der Waals surface area contributed by atoms with E-state index < -0.39 is 0 Å². The Morgan fingerprint density at radius 1 is 1.26 bits per heavy atom. The zero-order valence-corrected chi connectivity index (χ0v) is 12.6. The van der Waals surface area contributed by atoms with Crippen LogP contribution >= 0.6 is 11.8 Å². The molecule has 0 aliphatic carbocycles. The average Bonchev–Trinajstić information content (AvgIpc) is 2.36. The largest absolute Gasteiger partial charge is 0.332 e. The number of rotatable bonds is 3. The molecular weight excluding hydrogens is 256 g/mol. The number of carbonyl (C=O) groups is 1. The Morgan fingerprint density at radius 3 is 2.53 bits per heavy atom. The van der Waals surface area contributed by atoms with Crippen LogP contribution in [-0.4, -0.2) is 17.9 Å². The SMILES string of the molecule is CC(C)(C)c1ccc(CSC2NCCC(=O)N2)cc1. The third-order valence-electron chi connectivity index (χ3n) is 3.21. The Bertz CT molecular complexity index is 436. The molecule has 2 N–H and O–H groups in total. The summed E-state index contributed by atoms with van der Waals surface area (Å²) in [6.45, 7) is 7.43. The van der Waals surface area contributed by atoms with Crippen LogP contribution in [0.4, 0.5) is 0 Å². The van der Waals surface area contributed by atoms with Crippen molar-refractivity contribution >= 4 is 17.7 Å². The smallest absolute Gasteiger partial charge is 0.223 e. The van der Waals surface area contributed by atoms with Crippen molar-refractivity contribution in [1.82, 2.24) is 10.6 Å². The molecule has 3 nitrogen and oxygen atoms in total. The number of hydrogen-bond acceptors (Lipinski definition) is 3. The molecule has 2 rings (SSSR count). The summed E-state index contributed by atoms with van der Waals surface area (Å²) < 4.78 is 0. The van der Waals surface area contributed by atoms with Crippen molar-refractivity contribution in [2.24, 2.45) is 0 Å². The van der Waals surface area contributed by atoms with Crippen molar-refractivity contribution in [3.05, 3.63) is 35.4 Å². The van der Waals surface area contributed by atoms with Gasteiger partial charge in [0.25, 0.3) is 0 Å². The monoisotopic (exact) mass is 278 g/mol. The highest BCUT2D eigenvalue weighted by atomic mass is 32.2. The second-order valence-corrected chi connectivity index (χ2v) is 7.00. The molecule has 0 spiro atoms. The highest BCUT2D eigenvalue weighted by Crippen LogP contribution is 2.24. The lowest BCUT2D eigenvalue weighted by molar-refractivity contribution is -0.122. The van der Waals surface area contributed by atoms with Gasteiger partial charge in [-0.25, -0.2) is 0 Å². The molecule has 1 aliphatic heterocycles. The van der Waals surface area contributed by atoms with E-state index in [-0.39, 0.29) is 16.8 Å². The number of carbonyl (C=O) groups excluding carboxylic acids is 1. The molecule has 1 saturated heterocycles. The molecule has 1 aliphatic rings. The van der Waals surface area contributed by atoms with Gasteiger partial charge in [0.2, 0.25) is 5.91 Å². The Morgan fingerprint density at radius 2 is 1.95 bits per heavy atom. The topological polar surface area (TPSA) is 41.1 Å². The van der Waals surface area contributed by atoms with E-state index in [9.17, 15) is 4.79 Å². The van der Waals surface area contributed by atoms with Crippen molar-refractivity contribution in [2.75, 3.05) is 6.54 Å². The standard InChI is InChI=1S/C15H22N2OS/c1-15(2,3)12-6-4-11(5-7-12)10-19-14-16-9-8-13(18)17-14/h4-7,14,16H,8-10H2,1-3H3,(H,17,18). The van der Waals surface area contributed by atoms with Gasteiger partial charge in [-0.1, -0.05) is 45.0 Å². The summed E-state index contributed by atoms with van der Waals surface area (Å²) in [6, 6.07) is 8.75. The summed E-state index contributed by atoms with van der Waals surface area (Å²) in [4.78, 5) is 11.3. The molecule has 1 aromatic rings. The van der Waals surface area contributed by atoms with E-state index in [1.165, 1.54) is 11.1 Å². The molecule has 1 amide bonds. The van der Waals surface area contributed by atoms with Crippen LogP contribution in [0.2, 0.25) is 0 Å². The van der Waals surface area contributed by atoms with Gasteiger partial charge in [-0.2, -0.15) is 0 Å². The Kier molecular flexibility index (Phi) is 4.53. The van der Waals surface area contributed by atoms with E-state index >= 15 is 0 Å². The number of benzene rings is 1. The lowest BCUT2D eigenvalue weighted by Gasteiger charge is -2.24. The highest BCUT2D eigenvalue weighted by molar-refractivity contribution is 7.99. The van der Waals surface area contributed by atoms with E-state index in [1.54, 1.807) is 11.8 Å².